The van der Waals surface area contributed by atoms with Crippen LogP contribution in [0.15, 0.2) is 36.4 Å². The first-order valence-corrected chi connectivity index (χ1v) is 12.3. The van der Waals surface area contributed by atoms with Gasteiger partial charge in [0.15, 0.2) is 5.11 Å². The minimum atomic E-state index is 0.123. The van der Waals surface area contributed by atoms with Gasteiger partial charge in [0, 0.05) is 31.1 Å². The highest BCUT2D eigenvalue weighted by Crippen LogP contribution is 2.38. The van der Waals surface area contributed by atoms with Crippen LogP contribution in [0.4, 0.5) is 11.8 Å². The van der Waals surface area contributed by atoms with E-state index < -0.39 is 0 Å². The number of thiocarbonyl (C=S) groups is 1. The minimum absolute atomic E-state index is 0.123. The lowest BCUT2D eigenvalue weighted by atomic mass is 9.69. The van der Waals surface area contributed by atoms with Crippen molar-refractivity contribution in [3.63, 3.8) is 0 Å². The SMILES string of the molecule is S=C(NCC1(c2ccccc2)CCCCC1)Nc1nc(Cl)cc(N2CCCCCC2)n1. The standard InChI is InChI=1S/C24H32ClN5S/c25-20-17-21(30-15-9-1-2-10-16-30)28-22(27-20)29-23(31)26-18-24(13-7-4-8-14-24)19-11-5-3-6-12-19/h3,5-6,11-12,17H,1-2,4,7-10,13-16,18H2,(H2,26,27,28,29,31). The highest BCUT2D eigenvalue weighted by Gasteiger charge is 2.33. The maximum atomic E-state index is 6.31. The molecule has 0 spiro atoms. The highest BCUT2D eigenvalue weighted by molar-refractivity contribution is 7.80. The molecule has 166 valence electrons. The molecule has 1 aromatic carbocycles. The Morgan fingerprint density at radius 3 is 2.35 bits per heavy atom. The fourth-order valence-corrected chi connectivity index (χ4v) is 5.25. The van der Waals surface area contributed by atoms with Crippen molar-refractivity contribution >= 4 is 40.7 Å². The zero-order chi connectivity index (χ0) is 21.5. The Hall–Kier alpha value is -1.92. The molecule has 2 aromatic rings. The van der Waals surface area contributed by atoms with E-state index in [0.717, 1.165) is 25.5 Å². The second-order valence-electron chi connectivity index (χ2n) is 8.79. The quantitative estimate of drug-likeness (QED) is 0.443. The monoisotopic (exact) mass is 457 g/mol. The van der Waals surface area contributed by atoms with Crippen molar-refractivity contribution in [1.82, 2.24) is 15.3 Å². The lowest BCUT2D eigenvalue weighted by Crippen LogP contribution is -2.43. The van der Waals surface area contributed by atoms with Gasteiger partial charge < -0.3 is 15.5 Å². The van der Waals surface area contributed by atoms with E-state index in [1.54, 1.807) is 0 Å². The third-order valence-corrected chi connectivity index (χ3v) is 7.06. The lowest BCUT2D eigenvalue weighted by Gasteiger charge is -2.38. The van der Waals surface area contributed by atoms with Gasteiger partial charge in [-0.05, 0) is 43.5 Å². The molecule has 1 saturated carbocycles. The van der Waals surface area contributed by atoms with E-state index in [-0.39, 0.29) is 5.41 Å². The molecule has 1 aromatic heterocycles. The molecule has 1 saturated heterocycles. The first-order valence-electron chi connectivity index (χ1n) is 11.5. The Labute approximate surface area is 196 Å². The molecule has 2 aliphatic rings. The second kappa shape index (κ2) is 10.6. The van der Waals surface area contributed by atoms with Crippen LogP contribution in [0.3, 0.4) is 0 Å². The zero-order valence-corrected chi connectivity index (χ0v) is 19.6. The number of aromatic nitrogens is 2. The molecular weight excluding hydrogens is 426 g/mol. The van der Waals surface area contributed by atoms with Gasteiger partial charge in [-0.3, -0.25) is 0 Å². The molecule has 2 fully saturated rings. The fraction of sp³-hybridized carbons (Fsp3) is 0.542. The Morgan fingerprint density at radius 1 is 0.968 bits per heavy atom. The van der Waals surface area contributed by atoms with Crippen molar-refractivity contribution in [3.8, 4) is 0 Å². The van der Waals surface area contributed by atoms with E-state index in [4.69, 9.17) is 28.8 Å². The van der Waals surface area contributed by atoms with Crippen molar-refractivity contribution in [2.75, 3.05) is 29.9 Å². The molecule has 0 amide bonds. The van der Waals surface area contributed by atoms with Crippen LogP contribution in [0.5, 0.6) is 0 Å². The predicted octanol–water partition coefficient (Wildman–Crippen LogP) is 5.70. The molecule has 1 aliphatic carbocycles. The number of benzene rings is 1. The Morgan fingerprint density at radius 2 is 1.65 bits per heavy atom. The summed E-state index contributed by atoms with van der Waals surface area (Å²) < 4.78 is 0. The highest BCUT2D eigenvalue weighted by atomic mass is 35.5. The van der Waals surface area contributed by atoms with E-state index in [1.807, 2.05) is 6.07 Å². The number of hydrogen-bond donors (Lipinski definition) is 2. The van der Waals surface area contributed by atoms with Gasteiger partial charge in [0.1, 0.15) is 11.0 Å². The van der Waals surface area contributed by atoms with Gasteiger partial charge in [0.25, 0.3) is 0 Å². The third kappa shape index (κ3) is 5.86. The summed E-state index contributed by atoms with van der Waals surface area (Å²) in [6.45, 7) is 2.83. The molecule has 2 N–H and O–H groups in total. The summed E-state index contributed by atoms with van der Waals surface area (Å²) in [6.07, 6.45) is 11.1. The molecule has 5 nitrogen and oxygen atoms in total. The zero-order valence-electron chi connectivity index (χ0n) is 18.1. The van der Waals surface area contributed by atoms with Gasteiger partial charge in [-0.25, -0.2) is 4.98 Å². The average molecular weight is 458 g/mol. The van der Waals surface area contributed by atoms with Crippen molar-refractivity contribution in [3.05, 3.63) is 47.1 Å². The maximum Gasteiger partial charge on any atom is 0.232 e. The molecule has 7 heteroatoms. The normalized spacial score (nSPS) is 18.8. The first kappa shape index (κ1) is 22.3. The van der Waals surface area contributed by atoms with Crippen LogP contribution in [0.1, 0.15) is 63.4 Å². The molecule has 0 radical (unpaired) electrons. The van der Waals surface area contributed by atoms with Gasteiger partial charge in [-0.1, -0.05) is 74.0 Å². The van der Waals surface area contributed by atoms with Crippen molar-refractivity contribution in [1.29, 1.82) is 0 Å². The molecule has 1 aliphatic heterocycles. The van der Waals surface area contributed by atoms with Crippen molar-refractivity contribution in [2.45, 2.75) is 63.2 Å². The Kier molecular flexibility index (Phi) is 7.62. The molecule has 0 bridgehead atoms. The molecule has 0 atom stereocenters. The van der Waals surface area contributed by atoms with E-state index in [9.17, 15) is 0 Å². The number of nitrogens with one attached hydrogen (secondary N) is 2. The van der Waals surface area contributed by atoms with Crippen LogP contribution in [0.2, 0.25) is 5.15 Å². The van der Waals surface area contributed by atoms with Crippen LogP contribution in [-0.2, 0) is 5.41 Å². The minimum Gasteiger partial charge on any atom is -0.361 e. The van der Waals surface area contributed by atoms with Crippen LogP contribution >= 0.6 is 23.8 Å². The molecular formula is C24H32ClN5S. The predicted molar refractivity (Wildman–Crippen MR) is 133 cm³/mol. The van der Waals surface area contributed by atoms with E-state index in [0.29, 0.717) is 16.2 Å². The molecule has 31 heavy (non-hydrogen) atoms. The third-order valence-electron chi connectivity index (χ3n) is 6.62. The summed E-state index contributed by atoms with van der Waals surface area (Å²) in [5.41, 5.74) is 1.52. The second-order valence-corrected chi connectivity index (χ2v) is 9.58. The number of anilines is 2. The van der Waals surface area contributed by atoms with Gasteiger partial charge in [-0.15, -0.1) is 0 Å². The van der Waals surface area contributed by atoms with E-state index in [2.05, 4.69) is 50.8 Å². The largest absolute Gasteiger partial charge is 0.361 e. The summed E-state index contributed by atoms with van der Waals surface area (Å²) in [4.78, 5) is 11.4. The number of rotatable bonds is 5. The van der Waals surface area contributed by atoms with E-state index in [1.165, 1.54) is 63.4 Å². The summed E-state index contributed by atoms with van der Waals surface area (Å²) in [7, 11) is 0. The lowest BCUT2D eigenvalue weighted by molar-refractivity contribution is 0.292. The van der Waals surface area contributed by atoms with Crippen molar-refractivity contribution in [2.24, 2.45) is 0 Å². The van der Waals surface area contributed by atoms with Gasteiger partial charge in [0.2, 0.25) is 5.95 Å². The molecule has 2 heterocycles. The van der Waals surface area contributed by atoms with Crippen molar-refractivity contribution < 1.29 is 0 Å². The van der Waals surface area contributed by atoms with Gasteiger partial charge in [-0.2, -0.15) is 4.98 Å². The Bertz CT molecular complexity index is 862. The van der Waals surface area contributed by atoms with E-state index >= 15 is 0 Å². The number of nitrogens with zero attached hydrogens (tertiary/aromatic N) is 3. The van der Waals surface area contributed by atoms with Crippen LogP contribution in [0, 0.1) is 0 Å². The molecule has 0 unspecified atom stereocenters. The van der Waals surface area contributed by atoms with Crippen LogP contribution in [0.25, 0.3) is 0 Å². The molecule has 4 rings (SSSR count). The Balaban J connectivity index is 1.42. The van der Waals surface area contributed by atoms with Crippen LogP contribution in [-0.4, -0.2) is 34.7 Å². The van der Waals surface area contributed by atoms with Gasteiger partial charge in [0.05, 0.1) is 0 Å². The fourth-order valence-electron chi connectivity index (χ4n) is 4.91. The summed E-state index contributed by atoms with van der Waals surface area (Å²) in [6, 6.07) is 12.7. The number of hydrogen-bond acceptors (Lipinski definition) is 4. The summed E-state index contributed by atoms with van der Waals surface area (Å²) in [5.74, 6) is 1.34. The topological polar surface area (TPSA) is 53.1 Å². The summed E-state index contributed by atoms with van der Waals surface area (Å²) in [5, 5.41) is 7.61. The maximum absolute atomic E-state index is 6.31. The first-order chi connectivity index (χ1) is 15.1. The average Bonchev–Trinajstić information content (AvgIpc) is 3.08. The van der Waals surface area contributed by atoms with Crippen LogP contribution < -0.4 is 15.5 Å². The smallest absolute Gasteiger partial charge is 0.232 e. The van der Waals surface area contributed by atoms with Gasteiger partial charge >= 0.3 is 0 Å². The summed E-state index contributed by atoms with van der Waals surface area (Å²) >= 11 is 11.9. The number of halogens is 1.